The number of carbonyl (C=O) groups excluding carboxylic acids is 3. The van der Waals surface area contributed by atoms with Crippen LogP contribution in [0.2, 0.25) is 0 Å². The van der Waals surface area contributed by atoms with Gasteiger partial charge in [-0.3, -0.25) is 9.59 Å². The molecule has 2 rings (SSSR count). The van der Waals surface area contributed by atoms with Crippen LogP contribution in [0.5, 0.6) is 5.75 Å². The SMILES string of the molecule is COc1ccc(COC(=O)CCCNC(=O)C2=C(CCNC(=O)OC(C)(C)C)/C=C\C=C/C=C2)cc1. The van der Waals surface area contributed by atoms with Crippen molar-refractivity contribution in [2.45, 2.75) is 52.2 Å². The highest BCUT2D eigenvalue weighted by Gasteiger charge is 2.17. The number of hydrogen-bond donors (Lipinski definition) is 2. The third-order valence-corrected chi connectivity index (χ3v) is 4.95. The number of allylic oxidation sites excluding steroid dienone is 5. The van der Waals surface area contributed by atoms with Crippen LogP contribution >= 0.6 is 0 Å². The number of hydrogen-bond acceptors (Lipinski definition) is 6. The highest BCUT2D eigenvalue weighted by atomic mass is 16.6. The standard InChI is InChI=1S/C28H36N2O6/c1-28(2,3)36-27(33)30-19-17-22-10-7-5-6-8-11-24(22)26(32)29-18-9-12-25(31)35-20-21-13-15-23(34-4)16-14-21/h5-8,10-11,13-16H,9,12,17-20H2,1-4H3,(H,29,32)(H,30,33)/b6-5-,7-5?,8-6?,10-7-,11-8?,22-10?,24-11?,24-22?. The first-order chi connectivity index (χ1) is 17.2. The Morgan fingerprint density at radius 3 is 2.25 bits per heavy atom. The zero-order valence-electron chi connectivity index (χ0n) is 21.5. The maximum absolute atomic E-state index is 12.8. The van der Waals surface area contributed by atoms with Crippen LogP contribution in [0.1, 0.15) is 45.6 Å². The predicted molar refractivity (Wildman–Crippen MR) is 138 cm³/mol. The topological polar surface area (TPSA) is 103 Å². The Morgan fingerprint density at radius 1 is 0.889 bits per heavy atom. The summed E-state index contributed by atoms with van der Waals surface area (Å²) in [6.07, 6.45) is 11.5. The molecule has 0 heterocycles. The van der Waals surface area contributed by atoms with Crippen molar-refractivity contribution in [2.75, 3.05) is 20.2 Å². The number of benzene rings is 1. The van der Waals surface area contributed by atoms with Gasteiger partial charge in [0.2, 0.25) is 0 Å². The largest absolute Gasteiger partial charge is 0.497 e. The summed E-state index contributed by atoms with van der Waals surface area (Å²) in [7, 11) is 1.59. The smallest absolute Gasteiger partial charge is 0.407 e. The molecule has 8 heteroatoms. The summed E-state index contributed by atoms with van der Waals surface area (Å²) in [5, 5.41) is 5.58. The molecule has 0 aliphatic heterocycles. The maximum Gasteiger partial charge on any atom is 0.407 e. The molecule has 0 fully saturated rings. The van der Waals surface area contributed by atoms with Crippen LogP contribution in [0.3, 0.4) is 0 Å². The molecule has 0 radical (unpaired) electrons. The van der Waals surface area contributed by atoms with Crippen LogP contribution in [0.4, 0.5) is 4.79 Å². The molecule has 0 aromatic heterocycles. The molecule has 2 N–H and O–H groups in total. The monoisotopic (exact) mass is 496 g/mol. The normalized spacial score (nSPS) is 14.8. The number of carbonyl (C=O) groups is 3. The third-order valence-electron chi connectivity index (χ3n) is 4.95. The summed E-state index contributed by atoms with van der Waals surface area (Å²) >= 11 is 0. The lowest BCUT2D eigenvalue weighted by Crippen LogP contribution is -2.33. The number of rotatable bonds is 11. The molecule has 36 heavy (non-hydrogen) atoms. The van der Waals surface area contributed by atoms with Crippen molar-refractivity contribution in [1.29, 1.82) is 0 Å². The molecule has 1 aromatic rings. The van der Waals surface area contributed by atoms with Gasteiger partial charge in [0.1, 0.15) is 18.0 Å². The molecule has 0 atom stereocenters. The first-order valence-corrected chi connectivity index (χ1v) is 12.0. The molecule has 0 spiro atoms. The van der Waals surface area contributed by atoms with E-state index < -0.39 is 11.7 Å². The van der Waals surface area contributed by atoms with Gasteiger partial charge in [0.25, 0.3) is 5.91 Å². The van der Waals surface area contributed by atoms with Gasteiger partial charge in [-0.25, -0.2) is 4.79 Å². The molecule has 1 aromatic carbocycles. The van der Waals surface area contributed by atoms with E-state index in [-0.39, 0.29) is 24.9 Å². The lowest BCUT2D eigenvalue weighted by atomic mass is 10.0. The van der Waals surface area contributed by atoms with Crippen molar-refractivity contribution in [2.24, 2.45) is 0 Å². The van der Waals surface area contributed by atoms with Crippen molar-refractivity contribution in [3.05, 3.63) is 77.4 Å². The molecule has 8 nitrogen and oxygen atoms in total. The van der Waals surface area contributed by atoms with E-state index >= 15 is 0 Å². The summed E-state index contributed by atoms with van der Waals surface area (Å²) in [6.45, 7) is 6.24. The fourth-order valence-electron chi connectivity index (χ4n) is 3.19. The molecular formula is C28H36N2O6. The molecule has 0 bridgehead atoms. The quantitative estimate of drug-likeness (QED) is 0.345. The molecular weight excluding hydrogens is 460 g/mol. The van der Waals surface area contributed by atoms with E-state index in [4.69, 9.17) is 14.2 Å². The van der Waals surface area contributed by atoms with Gasteiger partial charge in [-0.05, 0) is 63.0 Å². The number of alkyl carbamates (subject to hydrolysis) is 1. The molecule has 0 saturated carbocycles. The molecule has 0 saturated heterocycles. The van der Waals surface area contributed by atoms with E-state index in [9.17, 15) is 14.4 Å². The summed E-state index contributed by atoms with van der Waals surface area (Å²) in [5.41, 5.74) is 1.58. The van der Waals surface area contributed by atoms with E-state index in [2.05, 4.69) is 10.6 Å². The van der Waals surface area contributed by atoms with Crippen molar-refractivity contribution >= 4 is 18.0 Å². The average molecular weight is 497 g/mol. The molecule has 0 unspecified atom stereocenters. The second-order valence-electron chi connectivity index (χ2n) is 9.09. The summed E-state index contributed by atoms with van der Waals surface area (Å²) in [6, 6.07) is 7.30. The first kappa shape index (κ1) is 28.4. The van der Waals surface area contributed by atoms with Gasteiger partial charge in [-0.1, -0.05) is 42.5 Å². The van der Waals surface area contributed by atoms with E-state index in [1.54, 1.807) is 40.0 Å². The highest BCUT2D eigenvalue weighted by molar-refractivity contribution is 5.97. The van der Waals surface area contributed by atoms with Crippen molar-refractivity contribution in [1.82, 2.24) is 10.6 Å². The molecule has 194 valence electrons. The van der Waals surface area contributed by atoms with Crippen molar-refractivity contribution < 1.29 is 28.6 Å². The minimum absolute atomic E-state index is 0.188. The van der Waals surface area contributed by atoms with Crippen LogP contribution in [0, 0.1) is 0 Å². The Kier molecular flexibility index (Phi) is 11.5. The van der Waals surface area contributed by atoms with E-state index in [0.29, 0.717) is 31.5 Å². The number of amides is 2. The van der Waals surface area contributed by atoms with Crippen LogP contribution in [-0.2, 0) is 25.7 Å². The Labute approximate surface area is 213 Å². The van der Waals surface area contributed by atoms with Gasteiger partial charge in [0.15, 0.2) is 0 Å². The Bertz CT molecular complexity index is 1010. The second-order valence-corrected chi connectivity index (χ2v) is 9.09. The minimum Gasteiger partial charge on any atom is -0.497 e. The molecule has 2 amide bonds. The van der Waals surface area contributed by atoms with Crippen molar-refractivity contribution in [3.63, 3.8) is 0 Å². The van der Waals surface area contributed by atoms with E-state index in [0.717, 1.165) is 16.9 Å². The number of nitrogens with one attached hydrogen (secondary N) is 2. The third kappa shape index (κ3) is 11.1. The fraction of sp³-hybridized carbons (Fsp3) is 0.393. The fourth-order valence-corrected chi connectivity index (χ4v) is 3.19. The van der Waals surface area contributed by atoms with Gasteiger partial charge in [0.05, 0.1) is 7.11 Å². The van der Waals surface area contributed by atoms with Crippen LogP contribution in [-0.4, -0.2) is 43.8 Å². The van der Waals surface area contributed by atoms with E-state index in [1.165, 1.54) is 0 Å². The first-order valence-electron chi connectivity index (χ1n) is 12.0. The van der Waals surface area contributed by atoms with Crippen LogP contribution in [0.25, 0.3) is 0 Å². The predicted octanol–water partition coefficient (Wildman–Crippen LogP) is 4.53. The zero-order chi connectivity index (χ0) is 26.4. The minimum atomic E-state index is -0.579. The number of esters is 1. The molecule has 1 aliphatic carbocycles. The van der Waals surface area contributed by atoms with Gasteiger partial charge in [-0.2, -0.15) is 0 Å². The molecule has 1 aliphatic rings. The summed E-state index contributed by atoms with van der Waals surface area (Å²) < 4.78 is 15.7. The van der Waals surface area contributed by atoms with Crippen molar-refractivity contribution in [3.8, 4) is 5.75 Å². The van der Waals surface area contributed by atoms with Gasteiger partial charge < -0.3 is 24.8 Å². The summed E-state index contributed by atoms with van der Waals surface area (Å²) in [4.78, 5) is 36.8. The maximum atomic E-state index is 12.8. The number of ether oxygens (including phenoxy) is 3. The number of methoxy groups -OCH3 is 1. The Balaban J connectivity index is 1.81. The average Bonchev–Trinajstić information content (AvgIpc) is 2.81. The zero-order valence-corrected chi connectivity index (χ0v) is 21.5. The Morgan fingerprint density at radius 2 is 1.58 bits per heavy atom. The van der Waals surface area contributed by atoms with Gasteiger partial charge in [-0.15, -0.1) is 0 Å². The van der Waals surface area contributed by atoms with Gasteiger partial charge >= 0.3 is 12.1 Å². The highest BCUT2D eigenvalue weighted by Crippen LogP contribution is 2.16. The van der Waals surface area contributed by atoms with Crippen LogP contribution in [0.15, 0.2) is 71.9 Å². The second kappa shape index (κ2) is 14.6. The Hall–Kier alpha value is -3.81. The summed E-state index contributed by atoms with van der Waals surface area (Å²) in [5.74, 6) is 0.168. The van der Waals surface area contributed by atoms with Gasteiger partial charge in [0, 0.05) is 25.1 Å². The lowest BCUT2D eigenvalue weighted by Gasteiger charge is -2.20. The lowest BCUT2D eigenvalue weighted by molar-refractivity contribution is -0.145. The van der Waals surface area contributed by atoms with Crippen LogP contribution < -0.4 is 15.4 Å². The van der Waals surface area contributed by atoms with E-state index in [1.807, 2.05) is 48.6 Å².